The lowest BCUT2D eigenvalue weighted by atomic mass is 9.96. The van der Waals surface area contributed by atoms with Gasteiger partial charge in [0.2, 0.25) is 0 Å². The van der Waals surface area contributed by atoms with Gasteiger partial charge in [-0.1, -0.05) is 42.5 Å². The van der Waals surface area contributed by atoms with Crippen LogP contribution in [0.3, 0.4) is 0 Å². The van der Waals surface area contributed by atoms with Crippen molar-refractivity contribution in [2.75, 3.05) is 6.61 Å². The molecule has 6 nitrogen and oxygen atoms in total. The predicted octanol–water partition coefficient (Wildman–Crippen LogP) is 4.29. The standard InChI is InChI=1S/C23H22N2O4S/c1-2-28-18-12-14-19(15-13-18)30(26,27)25-24-21-16-23(17-8-4-3-5-9-17)29-22-11-7-6-10-20(21)22/h3-15,23,25H,2,16H2,1H3/b24-21-. The fourth-order valence-corrected chi connectivity index (χ4v) is 4.13. The highest BCUT2D eigenvalue weighted by Gasteiger charge is 2.26. The van der Waals surface area contributed by atoms with Crippen LogP contribution in [0, 0.1) is 0 Å². The SMILES string of the molecule is CCOc1ccc(S(=O)(=O)N/N=C2/CC(c3ccccc3)Oc3ccccc32)cc1. The number of hydrazone groups is 1. The summed E-state index contributed by atoms with van der Waals surface area (Å²) < 4.78 is 36.9. The zero-order chi connectivity index (χ0) is 21.0. The summed E-state index contributed by atoms with van der Waals surface area (Å²) in [6, 6.07) is 23.6. The molecule has 1 unspecified atom stereocenters. The first kappa shape index (κ1) is 20.0. The fraction of sp³-hybridized carbons (Fsp3) is 0.174. The van der Waals surface area contributed by atoms with E-state index in [1.807, 2.05) is 61.5 Å². The Balaban J connectivity index is 1.61. The minimum Gasteiger partial charge on any atom is -0.494 e. The average Bonchev–Trinajstić information content (AvgIpc) is 2.78. The Bertz CT molecular complexity index is 1140. The van der Waals surface area contributed by atoms with Crippen molar-refractivity contribution in [2.45, 2.75) is 24.3 Å². The first-order valence-corrected chi connectivity index (χ1v) is 11.2. The second-order valence-electron chi connectivity index (χ2n) is 6.78. The lowest BCUT2D eigenvalue weighted by Crippen LogP contribution is -2.25. The van der Waals surface area contributed by atoms with Crippen molar-refractivity contribution in [1.29, 1.82) is 0 Å². The highest BCUT2D eigenvalue weighted by atomic mass is 32.2. The Kier molecular flexibility index (Phi) is 5.72. The van der Waals surface area contributed by atoms with Crippen LogP contribution < -0.4 is 14.3 Å². The van der Waals surface area contributed by atoms with Crippen molar-refractivity contribution < 1.29 is 17.9 Å². The largest absolute Gasteiger partial charge is 0.494 e. The summed E-state index contributed by atoms with van der Waals surface area (Å²) in [4.78, 5) is 2.49. The number of benzene rings is 3. The van der Waals surface area contributed by atoms with E-state index in [1.54, 1.807) is 12.1 Å². The van der Waals surface area contributed by atoms with Crippen LogP contribution in [0.2, 0.25) is 0 Å². The molecule has 3 aromatic carbocycles. The van der Waals surface area contributed by atoms with E-state index < -0.39 is 10.0 Å². The van der Waals surface area contributed by atoms with Gasteiger partial charge in [-0.05, 0) is 48.9 Å². The highest BCUT2D eigenvalue weighted by molar-refractivity contribution is 7.89. The van der Waals surface area contributed by atoms with Gasteiger partial charge < -0.3 is 9.47 Å². The van der Waals surface area contributed by atoms with Gasteiger partial charge in [0.25, 0.3) is 10.0 Å². The smallest absolute Gasteiger partial charge is 0.276 e. The maximum atomic E-state index is 12.7. The minimum atomic E-state index is -3.81. The molecule has 0 spiro atoms. The summed E-state index contributed by atoms with van der Waals surface area (Å²) in [7, 11) is -3.81. The number of hydrogen-bond donors (Lipinski definition) is 1. The van der Waals surface area contributed by atoms with Gasteiger partial charge in [0.15, 0.2) is 0 Å². The van der Waals surface area contributed by atoms with Gasteiger partial charge in [0, 0.05) is 12.0 Å². The summed E-state index contributed by atoms with van der Waals surface area (Å²) in [6.45, 7) is 2.39. The number of hydrogen-bond acceptors (Lipinski definition) is 5. The molecule has 3 aromatic rings. The molecule has 1 heterocycles. The molecule has 1 aliphatic rings. The van der Waals surface area contributed by atoms with Crippen LogP contribution in [0.25, 0.3) is 0 Å². The van der Waals surface area contributed by atoms with Crippen LogP contribution in [-0.2, 0) is 10.0 Å². The number of sulfonamides is 1. The summed E-state index contributed by atoms with van der Waals surface area (Å²) >= 11 is 0. The van der Waals surface area contributed by atoms with Crippen molar-refractivity contribution in [3.63, 3.8) is 0 Å². The van der Waals surface area contributed by atoms with Gasteiger partial charge >= 0.3 is 0 Å². The van der Waals surface area contributed by atoms with Crippen LogP contribution in [0.4, 0.5) is 0 Å². The first-order chi connectivity index (χ1) is 14.6. The number of fused-ring (bicyclic) bond motifs is 1. The van der Waals surface area contributed by atoms with E-state index in [2.05, 4.69) is 9.93 Å². The van der Waals surface area contributed by atoms with Crippen molar-refractivity contribution >= 4 is 15.7 Å². The first-order valence-electron chi connectivity index (χ1n) is 9.69. The molecule has 7 heteroatoms. The zero-order valence-corrected chi connectivity index (χ0v) is 17.3. The molecule has 0 radical (unpaired) electrons. The quantitative estimate of drug-likeness (QED) is 0.601. The van der Waals surface area contributed by atoms with Crippen molar-refractivity contribution in [1.82, 2.24) is 4.83 Å². The minimum absolute atomic E-state index is 0.121. The van der Waals surface area contributed by atoms with Gasteiger partial charge in [-0.2, -0.15) is 18.4 Å². The Morgan fingerprint density at radius 1 is 1.00 bits per heavy atom. The second kappa shape index (κ2) is 8.59. The molecule has 1 atom stereocenters. The lowest BCUT2D eigenvalue weighted by Gasteiger charge is -2.27. The van der Waals surface area contributed by atoms with Crippen molar-refractivity contribution in [2.24, 2.45) is 5.10 Å². The number of ether oxygens (including phenoxy) is 2. The number of nitrogens with zero attached hydrogens (tertiary/aromatic N) is 1. The fourth-order valence-electron chi connectivity index (χ4n) is 3.30. The second-order valence-corrected chi connectivity index (χ2v) is 8.44. The molecule has 0 aliphatic carbocycles. The van der Waals surface area contributed by atoms with E-state index in [0.29, 0.717) is 30.2 Å². The third-order valence-electron chi connectivity index (χ3n) is 4.76. The third kappa shape index (κ3) is 4.31. The Hall–Kier alpha value is -3.32. The monoisotopic (exact) mass is 422 g/mol. The molecular formula is C23H22N2O4S. The van der Waals surface area contributed by atoms with Gasteiger partial charge in [-0.25, -0.2) is 0 Å². The van der Waals surface area contributed by atoms with E-state index >= 15 is 0 Å². The summed E-state index contributed by atoms with van der Waals surface area (Å²) in [5.41, 5.74) is 2.41. The molecule has 0 amide bonds. The molecule has 30 heavy (non-hydrogen) atoms. The molecule has 0 bridgehead atoms. The van der Waals surface area contributed by atoms with Gasteiger partial charge in [0.1, 0.15) is 17.6 Å². The molecular weight excluding hydrogens is 400 g/mol. The highest BCUT2D eigenvalue weighted by Crippen LogP contribution is 2.35. The van der Waals surface area contributed by atoms with E-state index in [-0.39, 0.29) is 11.0 Å². The Morgan fingerprint density at radius 2 is 1.70 bits per heavy atom. The third-order valence-corrected chi connectivity index (χ3v) is 5.99. The maximum absolute atomic E-state index is 12.7. The Labute approximate surface area is 176 Å². The summed E-state index contributed by atoms with van der Waals surface area (Å²) in [6.07, 6.45) is 0.210. The van der Waals surface area contributed by atoms with E-state index in [9.17, 15) is 8.42 Å². The molecule has 0 aromatic heterocycles. The lowest BCUT2D eigenvalue weighted by molar-refractivity contribution is 0.206. The van der Waals surface area contributed by atoms with Crippen LogP contribution in [0.5, 0.6) is 11.5 Å². The van der Waals surface area contributed by atoms with Gasteiger partial charge in [0.05, 0.1) is 17.2 Å². The van der Waals surface area contributed by atoms with Crippen molar-refractivity contribution in [3.05, 3.63) is 90.0 Å². The number of nitrogens with one attached hydrogen (secondary N) is 1. The molecule has 0 saturated carbocycles. The van der Waals surface area contributed by atoms with Gasteiger partial charge in [-0.15, -0.1) is 0 Å². The molecule has 0 fully saturated rings. The molecule has 1 N–H and O–H groups in total. The number of rotatable bonds is 6. The Morgan fingerprint density at radius 3 is 2.43 bits per heavy atom. The molecule has 1 aliphatic heterocycles. The van der Waals surface area contributed by atoms with Crippen LogP contribution in [0.15, 0.2) is 88.9 Å². The predicted molar refractivity (Wildman–Crippen MR) is 115 cm³/mol. The maximum Gasteiger partial charge on any atom is 0.276 e. The molecule has 154 valence electrons. The van der Waals surface area contributed by atoms with Crippen molar-refractivity contribution in [3.8, 4) is 11.5 Å². The van der Waals surface area contributed by atoms with Crippen LogP contribution in [0.1, 0.15) is 30.6 Å². The van der Waals surface area contributed by atoms with Gasteiger partial charge in [-0.3, -0.25) is 0 Å². The van der Waals surface area contributed by atoms with Crippen LogP contribution >= 0.6 is 0 Å². The van der Waals surface area contributed by atoms with E-state index in [4.69, 9.17) is 9.47 Å². The topological polar surface area (TPSA) is 77.0 Å². The molecule has 4 rings (SSSR count). The summed E-state index contributed by atoms with van der Waals surface area (Å²) in [5, 5.41) is 4.27. The number of para-hydroxylation sites is 1. The normalized spacial score (nSPS) is 17.1. The summed E-state index contributed by atoms with van der Waals surface area (Å²) in [5.74, 6) is 1.29. The zero-order valence-electron chi connectivity index (χ0n) is 16.5. The average molecular weight is 423 g/mol. The van der Waals surface area contributed by atoms with E-state index in [0.717, 1.165) is 11.1 Å². The molecule has 0 saturated heterocycles. The van der Waals surface area contributed by atoms with E-state index in [1.165, 1.54) is 12.1 Å². The van der Waals surface area contributed by atoms with Crippen LogP contribution in [-0.4, -0.2) is 20.7 Å².